The number of rotatable bonds is 33. The molecule has 8 rings (SSSR count). The number of ether oxygens (including phenoxy) is 6. The van der Waals surface area contributed by atoms with Crippen molar-refractivity contribution in [2.75, 3.05) is 118 Å². The zero-order valence-electron chi connectivity index (χ0n) is 48.7. The zero-order chi connectivity index (χ0) is 62.8. The van der Waals surface area contributed by atoms with Gasteiger partial charge in [-0.3, -0.25) is 9.80 Å². The Labute approximate surface area is 533 Å². The third kappa shape index (κ3) is 20.0. The van der Waals surface area contributed by atoms with Crippen molar-refractivity contribution in [3.8, 4) is 11.5 Å². The lowest BCUT2D eigenvalue weighted by atomic mass is 10.0. The van der Waals surface area contributed by atoms with Gasteiger partial charge in [0.05, 0.1) is 64.9 Å². The molecule has 0 unspecified atom stereocenters. The summed E-state index contributed by atoms with van der Waals surface area (Å²) in [7, 11) is -8.45. The number of sulfonamides is 2. The number of nitrogens with two attached hydrogens (primary N) is 2. The molecule has 486 valence electrons. The lowest BCUT2D eigenvalue weighted by Crippen LogP contribution is -2.49. The molecule has 10 N–H and O–H groups in total. The number of nitrogens with one attached hydrogen (secondary N) is 6. The Morgan fingerprint density at radius 1 is 0.523 bits per heavy atom. The van der Waals surface area contributed by atoms with Gasteiger partial charge in [0, 0.05) is 108 Å². The molecular formula is C58H78Cl4F2N10O12S2. The van der Waals surface area contributed by atoms with Crippen molar-refractivity contribution in [2.24, 2.45) is 11.5 Å². The Morgan fingerprint density at radius 2 is 0.898 bits per heavy atom. The van der Waals surface area contributed by atoms with E-state index in [9.17, 15) is 26.4 Å². The molecule has 0 aromatic heterocycles. The minimum Gasteiger partial charge on any atom is -0.484 e. The molecule has 22 nitrogen and oxygen atoms in total. The van der Waals surface area contributed by atoms with Gasteiger partial charge < -0.3 is 61.2 Å². The van der Waals surface area contributed by atoms with Crippen LogP contribution in [0.15, 0.2) is 70.5 Å². The highest BCUT2D eigenvalue weighted by Gasteiger charge is 2.43. The van der Waals surface area contributed by atoms with E-state index < -0.39 is 53.7 Å². The summed E-state index contributed by atoms with van der Waals surface area (Å²) in [5, 5.41) is 12.8. The second-order valence-electron chi connectivity index (χ2n) is 21.8. The van der Waals surface area contributed by atoms with E-state index in [1.165, 1.54) is 12.1 Å². The molecule has 2 saturated heterocycles. The quantitative estimate of drug-likeness (QED) is 0.0246. The second-order valence-corrected chi connectivity index (χ2v) is 27.0. The van der Waals surface area contributed by atoms with Gasteiger partial charge in [-0.05, 0) is 124 Å². The summed E-state index contributed by atoms with van der Waals surface area (Å²) in [5.41, 5.74) is 16.0. The van der Waals surface area contributed by atoms with Gasteiger partial charge >= 0.3 is 12.1 Å². The minimum atomic E-state index is -4.23. The maximum Gasteiger partial charge on any atom is 0.314 e. The highest BCUT2D eigenvalue weighted by molar-refractivity contribution is 7.89. The number of benzene rings is 4. The predicted octanol–water partition coefficient (Wildman–Crippen LogP) is 6.22. The third-order valence-corrected chi connectivity index (χ3v) is 19.5. The minimum absolute atomic E-state index is 0.000129. The van der Waals surface area contributed by atoms with Crippen molar-refractivity contribution in [3.05, 3.63) is 115 Å². The lowest BCUT2D eigenvalue weighted by Gasteiger charge is -2.38. The molecular weight excluding hydrogens is 1270 g/mol. The first-order valence-corrected chi connectivity index (χ1v) is 33.9. The molecule has 88 heavy (non-hydrogen) atoms. The fraction of sp³-hybridized carbons (Fsp3) is 0.552. The number of carbonyl (C=O) groups is 2. The average molecular weight is 1350 g/mol. The Morgan fingerprint density at radius 3 is 1.27 bits per heavy atom. The average Bonchev–Trinajstić information content (AvgIpc) is 3.85. The van der Waals surface area contributed by atoms with E-state index in [0.717, 1.165) is 85.3 Å². The van der Waals surface area contributed by atoms with Gasteiger partial charge in [0.2, 0.25) is 20.0 Å². The van der Waals surface area contributed by atoms with E-state index in [-0.39, 0.29) is 127 Å². The van der Waals surface area contributed by atoms with E-state index >= 15 is 8.78 Å². The van der Waals surface area contributed by atoms with E-state index in [0.29, 0.717) is 72.0 Å². The number of unbranched alkanes of at least 4 members (excludes halogenated alkanes) is 1. The number of piperidine rings is 2. The fourth-order valence-corrected chi connectivity index (χ4v) is 14.5. The van der Waals surface area contributed by atoms with Gasteiger partial charge in [-0.25, -0.2) is 44.6 Å². The molecule has 2 aliphatic carbocycles. The summed E-state index contributed by atoms with van der Waals surface area (Å²) in [5.74, 6) is -1.65. The largest absolute Gasteiger partial charge is 0.484 e. The van der Waals surface area contributed by atoms with Crippen LogP contribution in [0.4, 0.5) is 18.4 Å². The molecule has 0 radical (unpaired) electrons. The van der Waals surface area contributed by atoms with Crippen LogP contribution >= 0.6 is 46.4 Å². The molecule has 4 aromatic rings. The first-order valence-electron chi connectivity index (χ1n) is 29.5. The fourth-order valence-electron chi connectivity index (χ4n) is 11.2. The summed E-state index contributed by atoms with van der Waals surface area (Å²) in [6.07, 6.45) is 5.05. The van der Waals surface area contributed by atoms with E-state index in [4.69, 9.17) is 86.3 Å². The highest BCUT2D eigenvalue weighted by Crippen LogP contribution is 2.45. The predicted molar refractivity (Wildman–Crippen MR) is 331 cm³/mol. The van der Waals surface area contributed by atoms with Crippen LogP contribution in [0.25, 0.3) is 0 Å². The smallest absolute Gasteiger partial charge is 0.314 e. The van der Waals surface area contributed by atoms with E-state index in [1.54, 1.807) is 24.3 Å². The van der Waals surface area contributed by atoms with Crippen LogP contribution in [0.2, 0.25) is 20.1 Å². The van der Waals surface area contributed by atoms with Crippen LogP contribution in [-0.4, -0.2) is 181 Å². The highest BCUT2D eigenvalue weighted by atomic mass is 35.5. The molecule has 2 fully saturated rings. The monoisotopic (exact) mass is 1350 g/mol. The molecule has 0 saturated carbocycles. The van der Waals surface area contributed by atoms with Crippen LogP contribution in [-0.2, 0) is 51.8 Å². The van der Waals surface area contributed by atoms with Crippen LogP contribution in [0.3, 0.4) is 0 Å². The lowest BCUT2D eigenvalue weighted by molar-refractivity contribution is 0.0516. The van der Waals surface area contributed by atoms with E-state index in [2.05, 4.69) is 40.5 Å². The molecule has 4 aliphatic rings. The molecule has 0 spiro atoms. The van der Waals surface area contributed by atoms with Gasteiger partial charge in [0.15, 0.2) is 0 Å². The number of urea groups is 2. The van der Waals surface area contributed by atoms with Gasteiger partial charge in [-0.2, -0.15) is 0 Å². The number of likely N-dealkylation sites (tertiary alicyclic amines) is 2. The van der Waals surface area contributed by atoms with Crippen LogP contribution in [0.1, 0.15) is 73.0 Å². The van der Waals surface area contributed by atoms with Crippen molar-refractivity contribution < 1.29 is 63.6 Å². The summed E-state index contributed by atoms with van der Waals surface area (Å²) < 4.78 is 122. The van der Waals surface area contributed by atoms with Gasteiger partial charge in [-0.1, -0.05) is 46.4 Å². The number of halogens is 6. The summed E-state index contributed by atoms with van der Waals surface area (Å²) in [4.78, 5) is 27.8. The first kappa shape index (κ1) is 69.4. The van der Waals surface area contributed by atoms with Gasteiger partial charge in [0.25, 0.3) is 0 Å². The van der Waals surface area contributed by atoms with Crippen molar-refractivity contribution in [1.29, 1.82) is 0 Å². The van der Waals surface area contributed by atoms with Crippen LogP contribution < -0.4 is 51.7 Å². The number of hydrogen-bond donors (Lipinski definition) is 8. The van der Waals surface area contributed by atoms with Crippen LogP contribution in [0.5, 0.6) is 11.5 Å². The Hall–Kier alpha value is -4.46. The zero-order valence-corrected chi connectivity index (χ0v) is 53.3. The van der Waals surface area contributed by atoms with Crippen molar-refractivity contribution >= 4 is 78.5 Å². The standard InChI is InChI=1S/C58H78Cl4F2N10O12S2/c59-37-27-45-43(47(61)29-37)33-51(73-17-3-5-39(65)35-73)55(45)85-41-7-9-53(49(63)31-41)87(77,78)71-15-21-83-25-23-81-19-13-69-57(75)67-11-1-2-12-68-58(76)70-14-20-82-24-26-84-22-16-72-88(79,80)54-10-8-42(32-50(54)64)86-56-46-28-38(60)30-48(62)44(46)34-52(56)74-18-4-6-40(66)36-74/h7-10,27-32,39-40,51-52,55-56,71-72H,1-6,11-26,33-36,65-66H2,(H2,67,69,75)(H2,68,70,76)/t39-,40-,51+,52+,55+,56+/m1/s1. The first-order chi connectivity index (χ1) is 42.3. The van der Waals surface area contributed by atoms with E-state index in [1.807, 2.05) is 0 Å². The number of fused-ring (bicyclic) bond motifs is 2. The normalized spacial score (nSPS) is 20.5. The van der Waals surface area contributed by atoms with Crippen molar-refractivity contribution in [3.63, 3.8) is 0 Å². The van der Waals surface area contributed by atoms with Crippen molar-refractivity contribution in [2.45, 2.75) is 97.5 Å². The molecule has 6 atom stereocenters. The summed E-state index contributed by atoms with van der Waals surface area (Å²) in [6.45, 7) is 5.05. The second kappa shape index (κ2) is 33.7. The SMILES string of the molecule is N[C@@H]1CCCN([C@H]2Cc3c(Cl)cc(Cl)cc3[C@@H]2Oc2ccc(S(=O)(=O)NCCOCCOCCNC(=O)NCCCCNC(=O)NCCOCCOCCNS(=O)(=O)c3ccc(O[C@H]4c5cc(Cl)cc(Cl)c5C[C@@H]4N4CCC[C@@H](N)C4)cc3F)c(F)c2)C1. The molecule has 4 aromatic carbocycles. The summed E-state index contributed by atoms with van der Waals surface area (Å²) in [6, 6.07) is 13.3. The van der Waals surface area contributed by atoms with Gasteiger partial charge in [-0.15, -0.1) is 0 Å². The number of carbonyl (C=O) groups excluding carboxylic acids is 2. The molecule has 0 bridgehead atoms. The third-order valence-electron chi connectivity index (χ3n) is 15.4. The number of hydrogen-bond acceptors (Lipinski definition) is 16. The molecule has 2 aliphatic heterocycles. The number of amides is 4. The Bertz CT molecular complexity index is 3020. The Kier molecular flexibility index (Phi) is 26.6. The van der Waals surface area contributed by atoms with Crippen molar-refractivity contribution in [1.82, 2.24) is 40.5 Å². The number of nitrogens with zero attached hydrogens (tertiary/aromatic N) is 2. The molecule has 4 amide bonds. The topological polar surface area (TPSA) is 288 Å². The summed E-state index contributed by atoms with van der Waals surface area (Å²) >= 11 is 25.9. The maximum atomic E-state index is 15.4. The molecule has 30 heteroatoms. The Balaban J connectivity index is 0.592. The van der Waals surface area contributed by atoms with Gasteiger partial charge in [0.1, 0.15) is 45.1 Å². The maximum absolute atomic E-state index is 15.4. The molecule has 2 heterocycles. The van der Waals surface area contributed by atoms with Crippen LogP contribution in [0, 0.1) is 11.6 Å².